The zero-order chi connectivity index (χ0) is 15.0. The molecular weight excluding hydrogens is 262 g/mol. The minimum atomic E-state index is -0.0910. The molecule has 0 unspecified atom stereocenters. The van der Waals surface area contributed by atoms with Gasteiger partial charge in [0.05, 0.1) is 5.69 Å². The van der Waals surface area contributed by atoms with Gasteiger partial charge in [0.15, 0.2) is 0 Å². The summed E-state index contributed by atoms with van der Waals surface area (Å²) in [7, 11) is 0. The molecule has 1 amide bonds. The Morgan fingerprint density at radius 3 is 2.71 bits per heavy atom. The van der Waals surface area contributed by atoms with Crippen LogP contribution >= 0.6 is 0 Å². The van der Waals surface area contributed by atoms with E-state index in [4.69, 9.17) is 5.73 Å². The normalized spacial score (nSPS) is 14.4. The number of carbonyl (C=O) groups is 1. The van der Waals surface area contributed by atoms with Crippen molar-refractivity contribution in [2.45, 2.75) is 38.6 Å². The molecule has 21 heavy (non-hydrogen) atoms. The molecule has 0 spiro atoms. The fourth-order valence-electron chi connectivity index (χ4n) is 2.64. The third kappa shape index (κ3) is 2.79. The number of nitrogen functional groups attached to an aromatic ring is 1. The van der Waals surface area contributed by atoms with Gasteiger partial charge in [0.25, 0.3) is 5.91 Å². The molecule has 3 rings (SSSR count). The van der Waals surface area contributed by atoms with E-state index in [-0.39, 0.29) is 5.91 Å². The van der Waals surface area contributed by atoms with Crippen LogP contribution in [0.4, 0.5) is 11.4 Å². The van der Waals surface area contributed by atoms with Crippen molar-refractivity contribution in [3.63, 3.8) is 0 Å². The summed E-state index contributed by atoms with van der Waals surface area (Å²) in [4.78, 5) is 12.6. The first-order valence-corrected chi connectivity index (χ1v) is 7.44. The smallest absolute Gasteiger partial charge is 0.272 e. The molecule has 0 saturated heterocycles. The molecule has 0 bridgehead atoms. The topological polar surface area (TPSA) is 60.1 Å². The van der Waals surface area contributed by atoms with Crippen LogP contribution in [0.25, 0.3) is 0 Å². The molecule has 1 aliphatic carbocycles. The monoisotopic (exact) mass is 283 g/mol. The lowest BCUT2D eigenvalue weighted by Crippen LogP contribution is -2.17. The number of hydrogen-bond donors (Lipinski definition) is 2. The minimum Gasteiger partial charge on any atom is -0.397 e. The first-order chi connectivity index (χ1) is 10.1. The van der Waals surface area contributed by atoms with Gasteiger partial charge in [-0.25, -0.2) is 0 Å². The van der Waals surface area contributed by atoms with Crippen molar-refractivity contribution in [3.8, 4) is 0 Å². The maximum atomic E-state index is 12.6. The number of carbonyl (C=O) groups excluding carboxylic acids is 1. The number of amides is 1. The van der Waals surface area contributed by atoms with Gasteiger partial charge in [0.2, 0.25) is 0 Å². The molecule has 1 aromatic heterocycles. The minimum absolute atomic E-state index is 0.0910. The zero-order valence-corrected chi connectivity index (χ0v) is 12.5. The molecule has 0 atom stereocenters. The predicted octanol–water partition coefficient (Wildman–Crippen LogP) is 3.78. The molecule has 3 N–H and O–H groups in total. The second kappa shape index (κ2) is 5.28. The Bertz CT molecular complexity index is 668. The molecule has 1 heterocycles. The Kier molecular flexibility index (Phi) is 3.45. The number of nitrogens with two attached hydrogens (primary N) is 1. The number of para-hydroxylation sites is 1. The predicted molar refractivity (Wildman–Crippen MR) is 85.6 cm³/mol. The number of aromatic nitrogens is 1. The van der Waals surface area contributed by atoms with Crippen LogP contribution in [0.2, 0.25) is 0 Å². The maximum absolute atomic E-state index is 12.6. The fraction of sp³-hybridized carbons (Fsp3) is 0.353. The van der Waals surface area contributed by atoms with Crippen molar-refractivity contribution in [2.75, 3.05) is 11.1 Å². The molecule has 110 valence electrons. The highest BCUT2D eigenvalue weighted by Crippen LogP contribution is 2.37. The zero-order valence-electron chi connectivity index (χ0n) is 12.5. The number of nitrogens with one attached hydrogen (secondary N) is 1. The number of anilines is 2. The molecule has 2 aromatic rings. The number of hydrogen-bond acceptors (Lipinski definition) is 2. The van der Waals surface area contributed by atoms with E-state index in [2.05, 4.69) is 25.2 Å². The second-order valence-electron chi connectivity index (χ2n) is 5.99. The van der Waals surface area contributed by atoms with Crippen molar-refractivity contribution in [1.29, 1.82) is 0 Å². The van der Waals surface area contributed by atoms with Crippen LogP contribution < -0.4 is 11.1 Å². The summed E-state index contributed by atoms with van der Waals surface area (Å²) in [6.45, 7) is 4.24. The van der Waals surface area contributed by atoms with Crippen molar-refractivity contribution in [2.24, 2.45) is 0 Å². The molecule has 1 fully saturated rings. The van der Waals surface area contributed by atoms with Gasteiger partial charge >= 0.3 is 0 Å². The van der Waals surface area contributed by atoms with Crippen molar-refractivity contribution < 1.29 is 4.79 Å². The fourth-order valence-corrected chi connectivity index (χ4v) is 2.64. The summed E-state index contributed by atoms with van der Waals surface area (Å²) >= 11 is 0. The van der Waals surface area contributed by atoms with E-state index in [1.165, 1.54) is 0 Å². The third-order valence-corrected chi connectivity index (χ3v) is 3.87. The van der Waals surface area contributed by atoms with Gasteiger partial charge in [-0.1, -0.05) is 32.0 Å². The quantitative estimate of drug-likeness (QED) is 0.897. The highest BCUT2D eigenvalue weighted by atomic mass is 16.2. The first kappa shape index (κ1) is 13.7. The number of rotatable bonds is 4. The van der Waals surface area contributed by atoms with E-state index in [9.17, 15) is 4.79 Å². The molecular formula is C17H21N3O. The number of benzene rings is 1. The van der Waals surface area contributed by atoms with Crippen LogP contribution in [0.1, 0.15) is 54.7 Å². The summed E-state index contributed by atoms with van der Waals surface area (Å²) in [6.07, 6.45) is 4.11. The Labute approximate surface area is 125 Å². The summed E-state index contributed by atoms with van der Waals surface area (Å²) in [6, 6.07) is 10.1. The third-order valence-electron chi connectivity index (χ3n) is 3.87. The maximum Gasteiger partial charge on any atom is 0.272 e. The van der Waals surface area contributed by atoms with Crippen molar-refractivity contribution in [3.05, 3.63) is 47.8 Å². The van der Waals surface area contributed by atoms with E-state index >= 15 is 0 Å². The molecule has 4 heteroatoms. The van der Waals surface area contributed by atoms with Gasteiger partial charge in [-0.3, -0.25) is 4.79 Å². The van der Waals surface area contributed by atoms with Crippen LogP contribution in [0, 0.1) is 0 Å². The number of nitrogens with zero attached hydrogens (tertiary/aromatic N) is 1. The molecule has 1 aromatic carbocycles. The first-order valence-electron chi connectivity index (χ1n) is 7.44. The summed E-state index contributed by atoms with van der Waals surface area (Å²) in [5.74, 6) is 0.272. The van der Waals surface area contributed by atoms with Crippen LogP contribution in [-0.4, -0.2) is 10.5 Å². The average molecular weight is 283 g/mol. The lowest BCUT2D eigenvalue weighted by Gasteiger charge is -2.14. The Balaban J connectivity index is 1.87. The van der Waals surface area contributed by atoms with Gasteiger partial charge in [-0.2, -0.15) is 0 Å². The van der Waals surface area contributed by atoms with Gasteiger partial charge in [0, 0.05) is 17.9 Å². The SMILES string of the molecule is CC(C)c1ccccc1NC(=O)c1cc(N)cn1C1CC1. The van der Waals surface area contributed by atoms with Gasteiger partial charge < -0.3 is 15.6 Å². The Morgan fingerprint density at radius 2 is 2.05 bits per heavy atom. The second-order valence-corrected chi connectivity index (χ2v) is 5.99. The molecule has 0 radical (unpaired) electrons. The van der Waals surface area contributed by atoms with E-state index in [0.717, 1.165) is 24.1 Å². The van der Waals surface area contributed by atoms with E-state index < -0.39 is 0 Å². The largest absolute Gasteiger partial charge is 0.397 e. The highest BCUT2D eigenvalue weighted by molar-refractivity contribution is 6.04. The highest BCUT2D eigenvalue weighted by Gasteiger charge is 2.27. The van der Waals surface area contributed by atoms with E-state index in [0.29, 0.717) is 23.3 Å². The van der Waals surface area contributed by atoms with Gasteiger partial charge in [-0.05, 0) is 36.5 Å². The summed E-state index contributed by atoms with van der Waals surface area (Å²) < 4.78 is 2.00. The average Bonchev–Trinajstić information content (AvgIpc) is 3.21. The van der Waals surface area contributed by atoms with E-state index in [1.54, 1.807) is 6.07 Å². The van der Waals surface area contributed by atoms with Crippen molar-refractivity contribution in [1.82, 2.24) is 4.57 Å². The summed E-state index contributed by atoms with van der Waals surface area (Å²) in [5, 5.41) is 3.03. The van der Waals surface area contributed by atoms with Gasteiger partial charge in [-0.15, -0.1) is 0 Å². The lowest BCUT2D eigenvalue weighted by atomic mass is 10.0. The lowest BCUT2D eigenvalue weighted by molar-refractivity contribution is 0.101. The molecule has 0 aliphatic heterocycles. The van der Waals surface area contributed by atoms with Crippen LogP contribution in [0.3, 0.4) is 0 Å². The molecule has 4 nitrogen and oxygen atoms in total. The van der Waals surface area contributed by atoms with E-state index in [1.807, 2.05) is 29.0 Å². The van der Waals surface area contributed by atoms with Crippen molar-refractivity contribution >= 4 is 17.3 Å². The Morgan fingerprint density at radius 1 is 1.33 bits per heavy atom. The molecule has 1 saturated carbocycles. The Hall–Kier alpha value is -2.23. The van der Waals surface area contributed by atoms with Gasteiger partial charge in [0.1, 0.15) is 5.69 Å². The molecule has 1 aliphatic rings. The standard InChI is InChI=1S/C17H21N3O/c1-11(2)14-5-3-4-6-15(14)19-17(21)16-9-12(18)10-20(16)13-7-8-13/h3-6,9-11,13H,7-8,18H2,1-2H3,(H,19,21). The van der Waals surface area contributed by atoms with Crippen LogP contribution in [0.15, 0.2) is 36.5 Å². The summed E-state index contributed by atoms with van der Waals surface area (Å²) in [5.41, 5.74) is 9.16. The van der Waals surface area contributed by atoms with Crippen LogP contribution in [-0.2, 0) is 0 Å². The van der Waals surface area contributed by atoms with Crippen LogP contribution in [0.5, 0.6) is 0 Å².